The van der Waals surface area contributed by atoms with E-state index in [0.717, 1.165) is 50.0 Å². The SMILES string of the molecule is CC(C)(C)Cc1cc(-c2[c-]cccc2)ncc1[Si](C)(C)C.[2H]C(C)(C)c1ccnc(-c2[c-]ccc3c2sc2c(F)cccc23)c1.[Ir]. The fraction of sp³-hybridized carbons (Fsp3) is 0.282. The summed E-state index contributed by atoms with van der Waals surface area (Å²) in [6.45, 7) is 17.8. The maximum Gasteiger partial charge on any atom is 0.140 e. The monoisotopic (exact) mass is 810 g/mol. The van der Waals surface area contributed by atoms with E-state index in [-0.39, 0.29) is 31.3 Å². The summed E-state index contributed by atoms with van der Waals surface area (Å²) < 4.78 is 24.0. The van der Waals surface area contributed by atoms with Crippen LogP contribution in [-0.4, -0.2) is 18.0 Å². The van der Waals surface area contributed by atoms with Gasteiger partial charge < -0.3 is 9.97 Å². The number of rotatable bonds is 5. The Morgan fingerprint density at radius 3 is 2.31 bits per heavy atom. The molecule has 0 aliphatic carbocycles. The van der Waals surface area contributed by atoms with Crippen molar-refractivity contribution in [3.05, 3.63) is 114 Å². The van der Waals surface area contributed by atoms with Crippen LogP contribution in [0.5, 0.6) is 0 Å². The molecule has 0 saturated carbocycles. The Balaban J connectivity index is 0.000000207. The molecule has 0 atom stereocenters. The van der Waals surface area contributed by atoms with Crippen LogP contribution in [0.2, 0.25) is 19.6 Å². The number of hydrogen-bond acceptors (Lipinski definition) is 3. The zero-order valence-corrected chi connectivity index (χ0v) is 31.5. The second-order valence-electron chi connectivity index (χ2n) is 13.7. The third kappa shape index (κ3) is 8.23. The van der Waals surface area contributed by atoms with Crippen molar-refractivity contribution in [1.29, 1.82) is 0 Å². The molecular weight excluding hydrogens is 768 g/mol. The third-order valence-corrected chi connectivity index (χ3v) is 10.8. The van der Waals surface area contributed by atoms with E-state index < -0.39 is 14.0 Å². The number of fused-ring (bicyclic) bond motifs is 3. The molecule has 0 fully saturated rings. The molecule has 3 aromatic carbocycles. The van der Waals surface area contributed by atoms with Gasteiger partial charge in [0.1, 0.15) is 5.82 Å². The van der Waals surface area contributed by atoms with Gasteiger partial charge in [0.25, 0.3) is 0 Å². The molecule has 3 aromatic heterocycles. The first-order valence-electron chi connectivity index (χ1n) is 15.6. The van der Waals surface area contributed by atoms with Crippen LogP contribution in [0.25, 0.3) is 42.7 Å². The predicted molar refractivity (Wildman–Crippen MR) is 190 cm³/mol. The van der Waals surface area contributed by atoms with Gasteiger partial charge in [-0.2, -0.15) is 11.3 Å². The standard InChI is InChI=1S/C20H15FNS.C19H26NSi.Ir/c1-12(2)13-9-10-22-18(11-13)16-7-3-5-14-15-6-4-8-17(21)20(15)23-19(14)16;1-19(2,3)13-16-12-17(15-10-8-7-9-11-15)20-14-18(16)21(4,5)6;/h3-6,8-12H,1-2H3;7-10,12,14H,13H2,1-6H3;/q2*-1;/i12D;;. The molecule has 0 unspecified atom stereocenters. The van der Waals surface area contributed by atoms with E-state index in [0.29, 0.717) is 4.70 Å². The molecule has 2 nitrogen and oxygen atoms in total. The molecule has 3 heterocycles. The second-order valence-corrected chi connectivity index (χ2v) is 19.8. The molecule has 1 radical (unpaired) electrons. The van der Waals surface area contributed by atoms with Crippen LogP contribution in [-0.2, 0) is 26.5 Å². The number of pyridine rings is 2. The Bertz CT molecular complexity index is 1950. The van der Waals surface area contributed by atoms with Crippen LogP contribution in [0, 0.1) is 23.4 Å². The average Bonchev–Trinajstić information content (AvgIpc) is 3.36. The fourth-order valence-corrected chi connectivity index (χ4v) is 8.17. The van der Waals surface area contributed by atoms with Crippen LogP contribution >= 0.6 is 11.3 Å². The van der Waals surface area contributed by atoms with Gasteiger partial charge in [-0.25, -0.2) is 4.39 Å². The number of aromatic nitrogens is 2. The van der Waals surface area contributed by atoms with Crippen molar-refractivity contribution in [1.82, 2.24) is 9.97 Å². The Morgan fingerprint density at radius 1 is 0.889 bits per heavy atom. The Kier molecular flexibility index (Phi) is 10.5. The summed E-state index contributed by atoms with van der Waals surface area (Å²) in [5, 5.41) is 3.42. The smallest absolute Gasteiger partial charge is 0.140 e. The van der Waals surface area contributed by atoms with Gasteiger partial charge in [0.15, 0.2) is 0 Å². The molecule has 0 aliphatic rings. The summed E-state index contributed by atoms with van der Waals surface area (Å²) in [6.07, 6.45) is 4.93. The third-order valence-electron chi connectivity index (χ3n) is 7.51. The van der Waals surface area contributed by atoms with Gasteiger partial charge in [-0.3, -0.25) is 0 Å². The number of benzene rings is 3. The number of hydrogen-bond donors (Lipinski definition) is 0. The average molecular weight is 810 g/mol. The molecule has 235 valence electrons. The minimum Gasteiger partial charge on any atom is -0.305 e. The summed E-state index contributed by atoms with van der Waals surface area (Å²) in [5.74, 6) is -0.897. The van der Waals surface area contributed by atoms with Crippen molar-refractivity contribution in [3.8, 4) is 22.5 Å². The molecule has 0 N–H and O–H groups in total. The summed E-state index contributed by atoms with van der Waals surface area (Å²) in [6, 6.07) is 29.7. The predicted octanol–water partition coefficient (Wildman–Crippen LogP) is 10.9. The van der Waals surface area contributed by atoms with Gasteiger partial charge in [-0.15, -0.1) is 59.7 Å². The fourth-order valence-electron chi connectivity index (χ4n) is 5.39. The first kappa shape index (κ1) is 33.3. The second kappa shape index (κ2) is 14.2. The van der Waals surface area contributed by atoms with Crippen LogP contribution in [0.1, 0.15) is 53.0 Å². The normalized spacial score (nSPS) is 12.3. The first-order chi connectivity index (χ1) is 21.1. The largest absolute Gasteiger partial charge is 0.305 e. The summed E-state index contributed by atoms with van der Waals surface area (Å²) in [5.41, 5.74) is 6.39. The van der Waals surface area contributed by atoms with Crippen molar-refractivity contribution < 1.29 is 25.9 Å². The zero-order valence-electron chi connectivity index (χ0n) is 28.3. The van der Waals surface area contributed by atoms with Crippen molar-refractivity contribution in [2.45, 2.75) is 66.6 Å². The van der Waals surface area contributed by atoms with E-state index in [1.165, 1.54) is 28.2 Å². The van der Waals surface area contributed by atoms with E-state index in [2.05, 4.69) is 75.9 Å². The van der Waals surface area contributed by atoms with Crippen molar-refractivity contribution in [3.63, 3.8) is 0 Å². The molecule has 0 aliphatic heterocycles. The molecule has 6 aromatic rings. The van der Waals surface area contributed by atoms with E-state index in [1.807, 2.05) is 62.4 Å². The quantitative estimate of drug-likeness (QED) is 0.128. The molecule has 0 saturated heterocycles. The minimum absolute atomic E-state index is 0. The van der Waals surface area contributed by atoms with Crippen molar-refractivity contribution in [2.24, 2.45) is 5.41 Å². The molecule has 0 amide bonds. The number of thiophene rings is 1. The van der Waals surface area contributed by atoms with E-state index in [4.69, 9.17) is 6.35 Å². The number of halogens is 1. The molecule has 0 spiro atoms. The van der Waals surface area contributed by atoms with Gasteiger partial charge in [-0.05, 0) is 56.5 Å². The van der Waals surface area contributed by atoms with Gasteiger partial charge in [-0.1, -0.05) is 95.0 Å². The molecule has 0 bridgehead atoms. The Hall–Kier alpha value is -3.02. The minimum atomic E-state index is -1.37. The summed E-state index contributed by atoms with van der Waals surface area (Å²) in [4.78, 5) is 9.17. The van der Waals surface area contributed by atoms with E-state index in [1.54, 1.807) is 12.3 Å². The molecular formula is C39H41FIrN2SSi-2. The van der Waals surface area contributed by atoms with Gasteiger partial charge in [0.05, 0.1) is 12.8 Å². The maximum atomic E-state index is 14.1. The van der Waals surface area contributed by atoms with Crippen LogP contribution < -0.4 is 5.19 Å². The van der Waals surface area contributed by atoms with Crippen LogP contribution in [0.3, 0.4) is 0 Å². The van der Waals surface area contributed by atoms with Gasteiger partial charge in [0.2, 0.25) is 0 Å². The summed E-state index contributed by atoms with van der Waals surface area (Å²) >= 11 is 1.43. The first-order valence-corrected chi connectivity index (χ1v) is 19.4. The van der Waals surface area contributed by atoms with Crippen LogP contribution in [0.15, 0.2) is 85.2 Å². The topological polar surface area (TPSA) is 25.8 Å². The Labute approximate surface area is 287 Å². The van der Waals surface area contributed by atoms with Crippen molar-refractivity contribution >= 4 is 44.8 Å². The van der Waals surface area contributed by atoms with Gasteiger partial charge in [0, 0.05) is 33.9 Å². The number of nitrogens with zero attached hydrogens (tertiary/aromatic N) is 2. The summed E-state index contributed by atoms with van der Waals surface area (Å²) in [7, 11) is -1.37. The van der Waals surface area contributed by atoms with E-state index >= 15 is 0 Å². The maximum absolute atomic E-state index is 14.1. The van der Waals surface area contributed by atoms with E-state index in [9.17, 15) is 4.39 Å². The zero-order chi connectivity index (χ0) is 32.6. The molecule has 45 heavy (non-hydrogen) atoms. The molecule has 6 heteroatoms. The van der Waals surface area contributed by atoms with Crippen molar-refractivity contribution in [2.75, 3.05) is 0 Å². The Morgan fingerprint density at radius 2 is 1.64 bits per heavy atom. The molecule has 6 rings (SSSR count). The van der Waals surface area contributed by atoms with Crippen LogP contribution in [0.4, 0.5) is 4.39 Å². The van der Waals surface area contributed by atoms with Gasteiger partial charge >= 0.3 is 0 Å².